The second kappa shape index (κ2) is 14.1. The van der Waals surface area contributed by atoms with Gasteiger partial charge in [-0.25, -0.2) is 14.4 Å². The molecule has 1 unspecified atom stereocenters. The molecular formula is C36H32O10. The van der Waals surface area contributed by atoms with E-state index in [1.54, 1.807) is 122 Å². The van der Waals surface area contributed by atoms with E-state index < -0.39 is 54.6 Å². The van der Waals surface area contributed by atoms with E-state index in [0.717, 1.165) is 0 Å². The van der Waals surface area contributed by atoms with Crippen molar-refractivity contribution < 1.29 is 47.5 Å². The minimum absolute atomic E-state index is 0.202. The number of ether oxygens (including phenoxy) is 7. The lowest BCUT2D eigenvalue weighted by Gasteiger charge is -2.41. The highest BCUT2D eigenvalue weighted by atomic mass is 16.9. The van der Waals surface area contributed by atoms with Crippen LogP contribution >= 0.6 is 0 Å². The molecule has 0 aromatic heterocycles. The number of esters is 3. The van der Waals surface area contributed by atoms with Crippen molar-refractivity contribution in [1.29, 1.82) is 0 Å². The van der Waals surface area contributed by atoms with Crippen molar-refractivity contribution in [3.63, 3.8) is 0 Å². The zero-order valence-corrected chi connectivity index (χ0v) is 24.9. The summed E-state index contributed by atoms with van der Waals surface area (Å²) >= 11 is 0. The molecule has 0 radical (unpaired) electrons. The van der Waals surface area contributed by atoms with Gasteiger partial charge in [-0.1, -0.05) is 84.9 Å². The average Bonchev–Trinajstić information content (AvgIpc) is 3.49. The quantitative estimate of drug-likeness (QED) is 0.170. The largest absolute Gasteiger partial charge is 0.459 e. The summed E-state index contributed by atoms with van der Waals surface area (Å²) in [6.45, 7) is 1.62. The van der Waals surface area contributed by atoms with Gasteiger partial charge in [-0.05, 0) is 43.3 Å². The van der Waals surface area contributed by atoms with E-state index in [1.165, 1.54) is 0 Å². The Balaban J connectivity index is 1.37. The van der Waals surface area contributed by atoms with Crippen LogP contribution in [0.15, 0.2) is 121 Å². The number of hydrogen-bond donors (Lipinski definition) is 0. The Morgan fingerprint density at radius 3 is 1.63 bits per heavy atom. The maximum absolute atomic E-state index is 13.5. The molecule has 0 aliphatic carbocycles. The number of carbonyl (C=O) groups is 3. The van der Waals surface area contributed by atoms with Crippen LogP contribution in [0.5, 0.6) is 0 Å². The lowest BCUT2D eigenvalue weighted by atomic mass is 9.98. The van der Waals surface area contributed by atoms with Gasteiger partial charge in [0.1, 0.15) is 12.7 Å². The van der Waals surface area contributed by atoms with Crippen molar-refractivity contribution >= 4 is 17.9 Å². The van der Waals surface area contributed by atoms with Crippen LogP contribution in [0.1, 0.15) is 43.6 Å². The third kappa shape index (κ3) is 6.70. The van der Waals surface area contributed by atoms with Crippen molar-refractivity contribution in [3.05, 3.63) is 144 Å². The summed E-state index contributed by atoms with van der Waals surface area (Å²) in [4.78, 5) is 39.9. The first-order valence-electron chi connectivity index (χ1n) is 14.9. The average molecular weight is 625 g/mol. The number of benzene rings is 4. The predicted molar refractivity (Wildman–Crippen MR) is 162 cm³/mol. The van der Waals surface area contributed by atoms with Crippen molar-refractivity contribution in [3.8, 4) is 0 Å². The first kappa shape index (κ1) is 31.1. The van der Waals surface area contributed by atoms with Crippen LogP contribution in [-0.4, -0.2) is 61.8 Å². The first-order chi connectivity index (χ1) is 22.5. The van der Waals surface area contributed by atoms with Crippen LogP contribution in [0, 0.1) is 0 Å². The van der Waals surface area contributed by atoms with E-state index in [9.17, 15) is 14.4 Å². The molecule has 46 heavy (non-hydrogen) atoms. The molecule has 4 aromatic carbocycles. The molecule has 6 atom stereocenters. The van der Waals surface area contributed by atoms with Crippen molar-refractivity contribution in [2.45, 2.75) is 43.6 Å². The van der Waals surface area contributed by atoms with Crippen LogP contribution < -0.4 is 0 Å². The third-order valence-corrected chi connectivity index (χ3v) is 7.51. The monoisotopic (exact) mass is 624 g/mol. The fraction of sp³-hybridized carbons (Fsp3) is 0.250. The van der Waals surface area contributed by atoms with Gasteiger partial charge in [0.2, 0.25) is 0 Å². The van der Waals surface area contributed by atoms with Crippen LogP contribution in [0.4, 0.5) is 0 Å². The van der Waals surface area contributed by atoms with Crippen molar-refractivity contribution in [2.75, 3.05) is 13.2 Å². The van der Waals surface area contributed by atoms with Crippen LogP contribution in [-0.2, 0) is 39.1 Å². The molecule has 2 aliphatic rings. The zero-order chi connectivity index (χ0) is 31.9. The number of carbonyl (C=O) groups excluding carboxylic acids is 3. The van der Waals surface area contributed by atoms with Crippen molar-refractivity contribution in [1.82, 2.24) is 0 Å². The van der Waals surface area contributed by atoms with E-state index in [4.69, 9.17) is 33.2 Å². The third-order valence-electron chi connectivity index (χ3n) is 7.51. The van der Waals surface area contributed by atoms with E-state index in [1.807, 2.05) is 6.07 Å². The topological polar surface area (TPSA) is 116 Å². The van der Waals surface area contributed by atoms with Gasteiger partial charge in [-0.3, -0.25) is 4.74 Å². The zero-order valence-electron chi connectivity index (χ0n) is 24.9. The number of rotatable bonds is 10. The Hall–Kier alpha value is -4.87. The Morgan fingerprint density at radius 1 is 0.630 bits per heavy atom. The molecule has 10 heteroatoms. The lowest BCUT2D eigenvalue weighted by molar-refractivity contribution is -0.365. The van der Waals surface area contributed by atoms with Crippen LogP contribution in [0.3, 0.4) is 0 Å². The standard InChI is InChI=1S/C36H32O10/c1-2-41-36(27-21-13-6-14-22-27)45-31-30(44-34(39)26-19-11-5-12-20-26)29(43-33(38)25-17-9-4-10-18-25)28(42-35(31)46-36)23-40-32(37)24-15-7-3-8-16-24/h3-22,28-31,35H,2,23H2,1H3/t28-,29-,30+,31-,35-,36?/m1/s1. The second-order valence-electron chi connectivity index (χ2n) is 10.5. The van der Waals surface area contributed by atoms with Gasteiger partial charge in [-0.15, -0.1) is 0 Å². The fourth-order valence-corrected chi connectivity index (χ4v) is 5.34. The normalized spacial score (nSPS) is 25.2. The van der Waals surface area contributed by atoms with Gasteiger partial charge in [0, 0.05) is 12.2 Å². The summed E-state index contributed by atoms with van der Waals surface area (Å²) in [6.07, 6.45) is -5.99. The molecule has 0 amide bonds. The van der Waals surface area contributed by atoms with E-state index in [2.05, 4.69) is 0 Å². The summed E-state index contributed by atoms with van der Waals surface area (Å²) < 4.78 is 42.8. The predicted octanol–water partition coefficient (Wildman–Crippen LogP) is 5.28. The Bertz CT molecular complexity index is 1620. The number of hydrogen-bond acceptors (Lipinski definition) is 10. The van der Waals surface area contributed by atoms with E-state index >= 15 is 0 Å². The minimum Gasteiger partial charge on any atom is -0.459 e. The first-order valence-corrected chi connectivity index (χ1v) is 14.9. The molecule has 0 saturated carbocycles. The molecular weight excluding hydrogens is 592 g/mol. The van der Waals surface area contributed by atoms with E-state index in [-0.39, 0.29) is 24.3 Å². The Morgan fingerprint density at radius 2 is 1.11 bits per heavy atom. The summed E-state index contributed by atoms with van der Waals surface area (Å²) in [7, 11) is 0. The minimum atomic E-state index is -1.73. The summed E-state index contributed by atoms with van der Waals surface area (Å²) in [5.41, 5.74) is 1.38. The molecule has 6 rings (SSSR count). The van der Waals surface area contributed by atoms with Gasteiger partial charge in [0.05, 0.1) is 16.7 Å². The number of fused-ring (bicyclic) bond motifs is 1. The molecule has 2 saturated heterocycles. The Labute approximate surface area is 265 Å². The highest BCUT2D eigenvalue weighted by molar-refractivity contribution is 5.91. The highest BCUT2D eigenvalue weighted by Gasteiger charge is 2.61. The lowest BCUT2D eigenvalue weighted by Crippen LogP contribution is -2.60. The van der Waals surface area contributed by atoms with Crippen molar-refractivity contribution in [2.24, 2.45) is 0 Å². The molecule has 10 nitrogen and oxygen atoms in total. The Kier molecular flexibility index (Phi) is 9.51. The van der Waals surface area contributed by atoms with Gasteiger partial charge < -0.3 is 28.4 Å². The molecule has 0 bridgehead atoms. The van der Waals surface area contributed by atoms with Crippen LogP contribution in [0.2, 0.25) is 0 Å². The van der Waals surface area contributed by atoms with Gasteiger partial charge in [0.25, 0.3) is 0 Å². The van der Waals surface area contributed by atoms with Crippen LogP contribution in [0.25, 0.3) is 0 Å². The smallest absolute Gasteiger partial charge is 0.338 e. The SMILES string of the molecule is CCOC1(c2ccccc2)O[C@H]2O[C@H](COC(=O)c3ccccc3)[C@@H](OC(=O)c3ccccc3)[C@H](OC(=O)c3ccccc3)[C@H]2O1. The molecule has 2 fully saturated rings. The summed E-state index contributed by atoms with van der Waals surface area (Å²) in [5.74, 6) is -3.74. The maximum atomic E-state index is 13.5. The van der Waals surface area contributed by atoms with E-state index in [0.29, 0.717) is 11.1 Å². The van der Waals surface area contributed by atoms with Gasteiger partial charge in [0.15, 0.2) is 24.6 Å². The molecule has 2 aliphatic heterocycles. The fourth-order valence-electron chi connectivity index (χ4n) is 5.34. The second-order valence-corrected chi connectivity index (χ2v) is 10.5. The molecule has 4 aromatic rings. The van der Waals surface area contributed by atoms with Gasteiger partial charge in [-0.2, -0.15) is 0 Å². The maximum Gasteiger partial charge on any atom is 0.338 e. The molecule has 2 heterocycles. The summed E-state index contributed by atoms with van der Waals surface area (Å²) in [5, 5.41) is 0. The molecule has 0 N–H and O–H groups in total. The summed E-state index contributed by atoms with van der Waals surface area (Å²) in [6, 6.07) is 34.1. The van der Waals surface area contributed by atoms with Gasteiger partial charge >= 0.3 is 23.9 Å². The molecule has 0 spiro atoms. The highest BCUT2D eigenvalue weighted by Crippen LogP contribution is 2.45. The molecule has 236 valence electrons.